The van der Waals surface area contributed by atoms with Gasteiger partial charge in [-0.05, 0) is 96.8 Å². The average molecular weight is 1340 g/mol. The van der Waals surface area contributed by atoms with Crippen LogP contribution in [-0.2, 0) is 28.7 Å². The van der Waals surface area contributed by atoms with E-state index in [2.05, 4.69) is 146 Å². The highest BCUT2D eigenvalue weighted by molar-refractivity contribution is 5.80. The van der Waals surface area contributed by atoms with Gasteiger partial charge in [-0.2, -0.15) is 5.10 Å². The Balaban J connectivity index is 0.00000112. The second-order valence-corrected chi connectivity index (χ2v) is 34.1. The van der Waals surface area contributed by atoms with E-state index in [4.69, 9.17) is 4.74 Å². The third kappa shape index (κ3) is 45.7. The number of likely N-dealkylation sites (tertiary alicyclic amines) is 2. The predicted molar refractivity (Wildman–Crippen MR) is 405 cm³/mol. The van der Waals surface area contributed by atoms with Gasteiger partial charge in [0.1, 0.15) is 0 Å². The van der Waals surface area contributed by atoms with E-state index in [0.717, 1.165) is 127 Å². The van der Waals surface area contributed by atoms with Gasteiger partial charge < -0.3 is 29.7 Å². The van der Waals surface area contributed by atoms with Crippen LogP contribution in [0.2, 0.25) is 0 Å². The van der Waals surface area contributed by atoms with E-state index >= 15 is 0 Å². The zero-order valence-corrected chi connectivity index (χ0v) is 67.1. The van der Waals surface area contributed by atoms with E-state index in [1.165, 1.54) is 121 Å². The van der Waals surface area contributed by atoms with Gasteiger partial charge in [0, 0.05) is 101 Å². The van der Waals surface area contributed by atoms with E-state index < -0.39 is 0 Å². The fraction of sp³-hybridized carbons (Fsp3) is 0.902. The Morgan fingerprint density at radius 1 is 0.463 bits per heavy atom. The van der Waals surface area contributed by atoms with Crippen LogP contribution in [0, 0.1) is 76.4 Å². The molecule has 0 saturated carbocycles. The molecule has 4 aliphatic rings. The lowest BCUT2D eigenvalue weighted by Gasteiger charge is -2.42. The van der Waals surface area contributed by atoms with Crippen LogP contribution in [0.1, 0.15) is 338 Å². The van der Waals surface area contributed by atoms with Crippen molar-refractivity contribution in [2.75, 3.05) is 72.1 Å². The maximum atomic E-state index is 11.9. The standard InChI is InChI=1S/C15H25N3O.C14H27NO.C14H30.C13H24N2O2.C13H25NO2.C13H28/c1-11(2)13-9-16-18(10-13)14-5-7-17(8-6-14)15(19)12(3)4;1-11(2)6-5-7-13-9-15(10-13)14(16)8-12(3)4;1-13(2)11-9-7-5-6-8-10-12-14(3)4;1-10(2)12(16)14-6-5-7-15(9-8-14)13(17)11(3)4;1-10(2)5-12(15)14-7-13(6-11(3)4)8-16-9-13;1-12(2)10-8-6-5-7-9-11-13(3)4/h9-12,14H,5-8H2,1-4H3;11-13H,5-10H2,1-4H3;13-14H,5-12H2,1-4H3;10-11H,5-9H2,1-4H3;10-11H,5-9H2,1-4H3,(H,14,15);12-13H,5-11H2,1-4H3. The fourth-order valence-electron chi connectivity index (χ4n) is 12.6. The highest BCUT2D eigenvalue weighted by Crippen LogP contribution is 2.34. The first-order chi connectivity index (χ1) is 44.6. The summed E-state index contributed by atoms with van der Waals surface area (Å²) in [7, 11) is 0. The molecule has 0 bridgehead atoms. The number of amides is 5. The average Bonchev–Trinajstić information content (AvgIpc) is 1.22. The van der Waals surface area contributed by atoms with Crippen molar-refractivity contribution in [1.82, 2.24) is 34.7 Å². The summed E-state index contributed by atoms with van der Waals surface area (Å²) in [6.07, 6.45) is 35.2. The summed E-state index contributed by atoms with van der Waals surface area (Å²) in [6, 6.07) is 0.448. The normalized spacial score (nSPS) is 15.9. The van der Waals surface area contributed by atoms with Gasteiger partial charge in [-0.15, -0.1) is 0 Å². The van der Waals surface area contributed by atoms with Crippen LogP contribution in [0.15, 0.2) is 12.4 Å². The van der Waals surface area contributed by atoms with E-state index in [1.807, 2.05) is 67.3 Å². The molecular formula is C82H159N7O6. The molecule has 0 aromatic carbocycles. The molecule has 1 N–H and O–H groups in total. The van der Waals surface area contributed by atoms with Gasteiger partial charge in [-0.3, -0.25) is 28.7 Å². The Hall–Kier alpha value is -3.48. The van der Waals surface area contributed by atoms with Crippen LogP contribution < -0.4 is 5.32 Å². The molecule has 13 heteroatoms. The van der Waals surface area contributed by atoms with Crippen molar-refractivity contribution in [2.45, 2.75) is 332 Å². The quantitative estimate of drug-likeness (QED) is 0.0678. The van der Waals surface area contributed by atoms with Gasteiger partial charge in [0.15, 0.2) is 0 Å². The summed E-state index contributed by atoms with van der Waals surface area (Å²) in [5.41, 5.74) is 1.50. The molecule has 1 aromatic rings. The van der Waals surface area contributed by atoms with Gasteiger partial charge in [0.25, 0.3) is 0 Å². The minimum absolute atomic E-state index is 0.0438. The van der Waals surface area contributed by atoms with E-state index in [-0.39, 0.29) is 46.8 Å². The number of carbonyl (C=O) groups excluding carboxylic acids is 5. The highest BCUT2D eigenvalue weighted by atomic mass is 16.5. The van der Waals surface area contributed by atoms with Crippen LogP contribution in [0.3, 0.4) is 0 Å². The molecule has 5 amide bonds. The molecule has 1 aromatic heterocycles. The van der Waals surface area contributed by atoms with Gasteiger partial charge in [-0.1, -0.05) is 275 Å². The molecule has 0 atom stereocenters. The van der Waals surface area contributed by atoms with Crippen LogP contribution in [0.5, 0.6) is 0 Å². The van der Waals surface area contributed by atoms with Gasteiger partial charge in [-0.25, -0.2) is 0 Å². The minimum atomic E-state index is 0.0438. The molecule has 558 valence electrons. The number of nitrogens with zero attached hydrogens (tertiary/aromatic N) is 6. The Labute approximate surface area is 588 Å². The van der Waals surface area contributed by atoms with Crippen LogP contribution in [0.25, 0.3) is 0 Å². The van der Waals surface area contributed by atoms with Crippen molar-refractivity contribution in [3.63, 3.8) is 0 Å². The van der Waals surface area contributed by atoms with Crippen molar-refractivity contribution in [2.24, 2.45) is 76.4 Å². The fourth-order valence-corrected chi connectivity index (χ4v) is 12.6. The van der Waals surface area contributed by atoms with Crippen LogP contribution >= 0.6 is 0 Å². The number of hydrogen-bond acceptors (Lipinski definition) is 7. The summed E-state index contributed by atoms with van der Waals surface area (Å²) < 4.78 is 7.39. The lowest BCUT2D eigenvalue weighted by atomic mass is 9.78. The number of aromatic nitrogens is 2. The number of rotatable bonds is 34. The van der Waals surface area contributed by atoms with Crippen molar-refractivity contribution in [3.8, 4) is 0 Å². The first kappa shape index (κ1) is 91.5. The number of nitrogens with one attached hydrogen (secondary N) is 1. The summed E-state index contributed by atoms with van der Waals surface area (Å²) in [5.74, 6) is 8.70. The van der Waals surface area contributed by atoms with Gasteiger partial charge >= 0.3 is 0 Å². The van der Waals surface area contributed by atoms with E-state index in [1.54, 1.807) is 0 Å². The van der Waals surface area contributed by atoms with Crippen LogP contribution in [-0.4, -0.2) is 131 Å². The van der Waals surface area contributed by atoms with Gasteiger partial charge in [0.2, 0.25) is 29.5 Å². The maximum Gasteiger partial charge on any atom is 0.225 e. The second-order valence-electron chi connectivity index (χ2n) is 34.1. The second kappa shape index (κ2) is 52.5. The monoisotopic (exact) mass is 1340 g/mol. The summed E-state index contributed by atoms with van der Waals surface area (Å²) >= 11 is 0. The summed E-state index contributed by atoms with van der Waals surface area (Å²) in [4.78, 5) is 66.8. The molecule has 95 heavy (non-hydrogen) atoms. The molecular weight excluding hydrogens is 1180 g/mol. The minimum Gasteiger partial charge on any atom is -0.380 e. The van der Waals surface area contributed by atoms with Gasteiger partial charge in [0.05, 0.1) is 25.5 Å². The SMILES string of the molecule is CC(C)C(=O)N1CCC(n2cc(C(C)C)cn2)CC1.CC(C)C(=O)N1CCCN(C(=O)C(C)C)CC1.CC(C)CC(=O)NCC1(CC(C)C)COC1.CC(C)CCCC1CN(C(=O)CC(C)C)C1.CC(C)CCCCCCCC(C)C.CC(C)CCCCCCCCC(C)C. The third-order valence-electron chi connectivity index (χ3n) is 18.6. The highest BCUT2D eigenvalue weighted by Gasteiger charge is 2.39. The first-order valence-corrected chi connectivity index (χ1v) is 39.6. The summed E-state index contributed by atoms with van der Waals surface area (Å²) in [5, 5.41) is 7.52. The Kier molecular flexibility index (Phi) is 50.6. The number of hydrogen-bond donors (Lipinski definition) is 1. The lowest BCUT2D eigenvalue weighted by molar-refractivity contribution is -0.138. The zero-order chi connectivity index (χ0) is 72.2. The molecule has 13 nitrogen and oxygen atoms in total. The third-order valence-corrected chi connectivity index (χ3v) is 18.6. The molecule has 5 heterocycles. The number of carbonyl (C=O) groups is 5. The maximum absolute atomic E-state index is 11.9. The molecule has 0 spiro atoms. The lowest BCUT2D eigenvalue weighted by Crippen LogP contribution is -2.51. The topological polar surface area (TPSA) is 137 Å². The Morgan fingerprint density at radius 3 is 1.17 bits per heavy atom. The van der Waals surface area contributed by atoms with Crippen molar-refractivity contribution in [3.05, 3.63) is 18.0 Å². The largest absolute Gasteiger partial charge is 0.380 e. The van der Waals surface area contributed by atoms with E-state index in [9.17, 15) is 24.0 Å². The molecule has 4 fully saturated rings. The van der Waals surface area contributed by atoms with Crippen LogP contribution in [0.4, 0.5) is 0 Å². The number of ether oxygens (including phenoxy) is 1. The zero-order valence-electron chi connectivity index (χ0n) is 67.1. The number of unbranched alkanes of at least 4 members (excludes halogenated alkanes) is 9. The van der Waals surface area contributed by atoms with Crippen molar-refractivity contribution in [1.29, 1.82) is 0 Å². The Morgan fingerprint density at radius 2 is 0.842 bits per heavy atom. The molecule has 4 saturated heterocycles. The molecule has 5 rings (SSSR count). The Bertz CT molecular complexity index is 2040. The van der Waals surface area contributed by atoms with E-state index in [0.29, 0.717) is 55.1 Å². The molecule has 4 aliphatic heterocycles. The predicted octanol–water partition coefficient (Wildman–Crippen LogP) is 20.2. The number of piperidine rings is 1. The molecule has 0 unspecified atom stereocenters. The smallest absolute Gasteiger partial charge is 0.225 e. The molecule has 0 radical (unpaired) electrons. The summed E-state index contributed by atoms with van der Waals surface area (Å²) in [6.45, 7) is 60.9. The first-order valence-electron chi connectivity index (χ1n) is 39.6. The molecule has 0 aliphatic carbocycles. The van der Waals surface area contributed by atoms with Crippen molar-refractivity contribution < 1.29 is 28.7 Å². The van der Waals surface area contributed by atoms with Crippen molar-refractivity contribution >= 4 is 29.5 Å².